The predicted molar refractivity (Wildman–Crippen MR) is 89.0 cm³/mol. The fourth-order valence-electron chi connectivity index (χ4n) is 2.39. The zero-order valence-corrected chi connectivity index (χ0v) is 13.7. The van der Waals surface area contributed by atoms with Crippen LogP contribution in [0.2, 0.25) is 0 Å². The van der Waals surface area contributed by atoms with Gasteiger partial charge in [-0.05, 0) is 36.4 Å². The smallest absolute Gasteiger partial charge is 0.310 e. The number of ether oxygens (including phenoxy) is 1. The molecule has 0 fully saturated rings. The molecule has 3 rings (SSSR count). The van der Waals surface area contributed by atoms with E-state index in [4.69, 9.17) is 9.15 Å². The number of thiophene rings is 1. The van der Waals surface area contributed by atoms with Gasteiger partial charge in [-0.15, -0.1) is 11.3 Å². The Kier molecular flexibility index (Phi) is 4.30. The van der Waals surface area contributed by atoms with E-state index in [2.05, 4.69) is 0 Å². The van der Waals surface area contributed by atoms with Crippen LogP contribution in [-0.4, -0.2) is 18.4 Å². The van der Waals surface area contributed by atoms with Gasteiger partial charge in [0.2, 0.25) is 5.78 Å². The van der Waals surface area contributed by atoms with Crippen molar-refractivity contribution < 1.29 is 18.7 Å². The number of hydrogen-bond donors (Lipinski definition) is 0. The maximum Gasteiger partial charge on any atom is 0.310 e. The summed E-state index contributed by atoms with van der Waals surface area (Å²) < 4.78 is 10.7. The van der Waals surface area contributed by atoms with Crippen molar-refractivity contribution in [2.75, 3.05) is 6.61 Å². The van der Waals surface area contributed by atoms with Gasteiger partial charge in [0, 0.05) is 10.9 Å². The number of Topliss-reactive ketones (excluding diaryl/α,β-unsaturated/α-hetero) is 1. The van der Waals surface area contributed by atoms with Gasteiger partial charge < -0.3 is 9.15 Å². The molecule has 3 aromatic rings. The van der Waals surface area contributed by atoms with Crippen LogP contribution in [0, 0.1) is 13.8 Å². The molecule has 2 aromatic heterocycles. The van der Waals surface area contributed by atoms with Crippen LogP contribution in [0.3, 0.4) is 0 Å². The highest BCUT2D eigenvalue weighted by molar-refractivity contribution is 7.12. The average Bonchev–Trinajstić information content (AvgIpc) is 3.19. The molecular weight excluding hydrogens is 312 g/mol. The van der Waals surface area contributed by atoms with Crippen LogP contribution in [-0.2, 0) is 16.0 Å². The van der Waals surface area contributed by atoms with E-state index in [1.807, 2.05) is 31.4 Å². The van der Waals surface area contributed by atoms with Crippen molar-refractivity contribution in [1.29, 1.82) is 0 Å². The van der Waals surface area contributed by atoms with Gasteiger partial charge in [-0.1, -0.05) is 18.2 Å². The molecule has 23 heavy (non-hydrogen) atoms. The second-order valence-corrected chi connectivity index (χ2v) is 6.33. The fourth-order valence-corrected chi connectivity index (χ4v) is 3.04. The molecule has 4 nitrogen and oxygen atoms in total. The zero-order chi connectivity index (χ0) is 16.4. The Balaban J connectivity index is 1.66. The molecule has 0 spiro atoms. The first-order valence-corrected chi connectivity index (χ1v) is 8.13. The molecule has 0 saturated carbocycles. The molecule has 0 aliphatic carbocycles. The lowest BCUT2D eigenvalue weighted by Crippen LogP contribution is -2.14. The number of aryl methyl sites for hydroxylation is 2. The van der Waals surface area contributed by atoms with Gasteiger partial charge in [-0.2, -0.15) is 0 Å². The minimum absolute atomic E-state index is 0.0905. The maximum atomic E-state index is 12.0. The number of benzene rings is 1. The number of esters is 1. The van der Waals surface area contributed by atoms with Gasteiger partial charge in [0.1, 0.15) is 5.58 Å². The van der Waals surface area contributed by atoms with Gasteiger partial charge in [-0.25, -0.2) is 0 Å². The largest absolute Gasteiger partial charge is 0.464 e. The monoisotopic (exact) mass is 328 g/mol. The lowest BCUT2D eigenvalue weighted by atomic mass is 10.0. The maximum absolute atomic E-state index is 12.0. The summed E-state index contributed by atoms with van der Waals surface area (Å²) in [5.41, 5.74) is 3.77. The molecule has 118 valence electrons. The molecule has 0 radical (unpaired) electrons. The van der Waals surface area contributed by atoms with Crippen LogP contribution in [0.5, 0.6) is 0 Å². The fraction of sp³-hybridized carbons (Fsp3) is 0.222. The summed E-state index contributed by atoms with van der Waals surface area (Å²) in [5.74, 6) is -0.618. The van der Waals surface area contributed by atoms with Crippen LogP contribution >= 0.6 is 11.3 Å². The van der Waals surface area contributed by atoms with Crippen LogP contribution in [0.1, 0.15) is 26.4 Å². The van der Waals surface area contributed by atoms with Gasteiger partial charge in [0.05, 0.1) is 17.6 Å². The number of carbonyl (C=O) groups is 2. The van der Waals surface area contributed by atoms with Crippen LogP contribution in [0.4, 0.5) is 0 Å². The summed E-state index contributed by atoms with van der Waals surface area (Å²) in [6.07, 6.45) is 1.67. The minimum Gasteiger partial charge on any atom is -0.464 e. The number of hydrogen-bond acceptors (Lipinski definition) is 5. The molecular formula is C18H16O4S. The minimum atomic E-state index is -0.434. The van der Waals surface area contributed by atoms with E-state index in [1.165, 1.54) is 11.3 Å². The summed E-state index contributed by atoms with van der Waals surface area (Å²) in [5, 5.41) is 2.73. The number of furan rings is 1. The standard InChI is InChI=1S/C18H16O4S/c1-11-5-6-14-13(9-22-18(14)12(11)2)8-17(20)21-10-15(19)16-4-3-7-23-16/h3-7,9H,8,10H2,1-2H3. The Labute approximate surface area is 137 Å². The number of carbonyl (C=O) groups excluding carboxylic acids is 2. The molecule has 5 heteroatoms. The van der Waals surface area contributed by atoms with Crippen LogP contribution < -0.4 is 0 Å². The molecule has 0 aliphatic rings. The number of fused-ring (bicyclic) bond motifs is 1. The summed E-state index contributed by atoms with van der Waals surface area (Å²) in [7, 11) is 0. The Morgan fingerprint density at radius 1 is 1.22 bits per heavy atom. The highest BCUT2D eigenvalue weighted by Crippen LogP contribution is 2.26. The normalized spacial score (nSPS) is 10.9. The molecule has 0 N–H and O–H groups in total. The first-order valence-electron chi connectivity index (χ1n) is 7.25. The lowest BCUT2D eigenvalue weighted by Gasteiger charge is -2.03. The SMILES string of the molecule is Cc1ccc2c(CC(=O)OCC(=O)c3cccs3)coc2c1C. The van der Waals surface area contributed by atoms with E-state index in [9.17, 15) is 9.59 Å². The van der Waals surface area contributed by atoms with Crippen molar-refractivity contribution in [2.24, 2.45) is 0 Å². The summed E-state index contributed by atoms with van der Waals surface area (Å²) >= 11 is 1.34. The Morgan fingerprint density at radius 2 is 2.04 bits per heavy atom. The van der Waals surface area contributed by atoms with Crippen molar-refractivity contribution >= 4 is 34.1 Å². The molecule has 0 unspecified atom stereocenters. The first-order chi connectivity index (χ1) is 11.1. The molecule has 0 aliphatic heterocycles. The second kappa shape index (κ2) is 6.38. The van der Waals surface area contributed by atoms with Crippen molar-refractivity contribution in [2.45, 2.75) is 20.3 Å². The molecule has 1 aromatic carbocycles. The zero-order valence-electron chi connectivity index (χ0n) is 12.9. The number of ketones is 1. The highest BCUT2D eigenvalue weighted by Gasteiger charge is 2.15. The van der Waals surface area contributed by atoms with E-state index in [0.29, 0.717) is 4.88 Å². The topological polar surface area (TPSA) is 56.5 Å². The lowest BCUT2D eigenvalue weighted by molar-refractivity contribution is -0.141. The quantitative estimate of drug-likeness (QED) is 0.523. The van der Waals surface area contributed by atoms with Gasteiger partial charge >= 0.3 is 5.97 Å². The summed E-state index contributed by atoms with van der Waals surface area (Å²) in [6.45, 7) is 3.78. The molecule has 0 atom stereocenters. The number of rotatable bonds is 5. The third-order valence-electron chi connectivity index (χ3n) is 3.84. The predicted octanol–water partition coefficient (Wildman–Crippen LogP) is 4.08. The van der Waals surface area contributed by atoms with Gasteiger partial charge in [0.25, 0.3) is 0 Å². The van der Waals surface area contributed by atoms with E-state index in [0.717, 1.165) is 27.7 Å². The van der Waals surface area contributed by atoms with E-state index in [1.54, 1.807) is 18.4 Å². The average molecular weight is 328 g/mol. The van der Waals surface area contributed by atoms with Gasteiger partial charge in [0.15, 0.2) is 6.61 Å². The van der Waals surface area contributed by atoms with Crippen molar-refractivity contribution in [1.82, 2.24) is 0 Å². The summed E-state index contributed by atoms with van der Waals surface area (Å²) in [4.78, 5) is 24.4. The highest BCUT2D eigenvalue weighted by atomic mass is 32.1. The van der Waals surface area contributed by atoms with Crippen molar-refractivity contribution in [3.8, 4) is 0 Å². The Morgan fingerprint density at radius 3 is 2.78 bits per heavy atom. The third kappa shape index (κ3) is 3.19. The Hall–Kier alpha value is -2.40. The Bertz CT molecular complexity index is 859. The first kappa shape index (κ1) is 15.5. The van der Waals surface area contributed by atoms with Crippen molar-refractivity contribution in [3.05, 3.63) is 57.5 Å². The van der Waals surface area contributed by atoms with E-state index >= 15 is 0 Å². The van der Waals surface area contributed by atoms with E-state index < -0.39 is 5.97 Å². The molecule has 0 saturated heterocycles. The third-order valence-corrected chi connectivity index (χ3v) is 4.75. The molecule has 0 bridgehead atoms. The van der Waals surface area contributed by atoms with Crippen LogP contribution in [0.25, 0.3) is 11.0 Å². The van der Waals surface area contributed by atoms with Gasteiger partial charge in [-0.3, -0.25) is 9.59 Å². The van der Waals surface area contributed by atoms with E-state index in [-0.39, 0.29) is 18.8 Å². The molecule has 0 amide bonds. The van der Waals surface area contributed by atoms with Crippen LogP contribution in [0.15, 0.2) is 40.3 Å². The second-order valence-electron chi connectivity index (χ2n) is 5.38. The molecule has 2 heterocycles. The summed E-state index contributed by atoms with van der Waals surface area (Å²) in [6, 6.07) is 7.46. The van der Waals surface area contributed by atoms with Crippen molar-refractivity contribution in [3.63, 3.8) is 0 Å².